The molecular formula is C11H25N3. The van der Waals surface area contributed by atoms with Crippen molar-refractivity contribution < 1.29 is 0 Å². The van der Waals surface area contributed by atoms with Gasteiger partial charge in [0.1, 0.15) is 0 Å². The minimum absolute atomic E-state index is 0.629. The molecule has 0 aliphatic carbocycles. The lowest BCUT2D eigenvalue weighted by molar-refractivity contribution is 0.303. The van der Waals surface area contributed by atoms with Crippen molar-refractivity contribution in [2.45, 2.75) is 27.2 Å². The summed E-state index contributed by atoms with van der Waals surface area (Å²) in [6, 6.07) is 0. The van der Waals surface area contributed by atoms with Gasteiger partial charge in [-0.15, -0.1) is 0 Å². The molecule has 0 aromatic heterocycles. The van der Waals surface area contributed by atoms with E-state index in [1.54, 1.807) is 0 Å². The van der Waals surface area contributed by atoms with Crippen molar-refractivity contribution in [1.82, 2.24) is 9.80 Å². The van der Waals surface area contributed by atoms with Gasteiger partial charge in [-0.05, 0) is 20.0 Å². The minimum atomic E-state index is 0.629. The van der Waals surface area contributed by atoms with Crippen molar-refractivity contribution in [3.8, 4) is 0 Å². The summed E-state index contributed by atoms with van der Waals surface area (Å²) in [6.45, 7) is 9.44. The number of nitrogens with zero attached hydrogens (tertiary/aromatic N) is 2. The highest BCUT2D eigenvalue weighted by molar-refractivity contribution is 5.78. The third-order valence-electron chi connectivity index (χ3n) is 2.12. The van der Waals surface area contributed by atoms with Crippen molar-refractivity contribution in [2.75, 3.05) is 33.7 Å². The summed E-state index contributed by atoms with van der Waals surface area (Å²) in [5, 5.41) is 7.84. The van der Waals surface area contributed by atoms with Crippen LogP contribution in [0.3, 0.4) is 0 Å². The van der Waals surface area contributed by atoms with Gasteiger partial charge in [0, 0.05) is 26.1 Å². The Kier molecular flexibility index (Phi) is 6.54. The monoisotopic (exact) mass is 199 g/mol. The van der Waals surface area contributed by atoms with Crippen LogP contribution in [0.25, 0.3) is 0 Å². The van der Waals surface area contributed by atoms with Gasteiger partial charge >= 0.3 is 0 Å². The molecule has 0 saturated heterocycles. The molecule has 0 aliphatic heterocycles. The van der Waals surface area contributed by atoms with E-state index in [2.05, 4.69) is 37.7 Å². The lowest BCUT2D eigenvalue weighted by Crippen LogP contribution is -2.38. The van der Waals surface area contributed by atoms with Gasteiger partial charge in [-0.2, -0.15) is 0 Å². The molecule has 0 amide bonds. The zero-order chi connectivity index (χ0) is 11.1. The number of rotatable bonds is 6. The van der Waals surface area contributed by atoms with Gasteiger partial charge in [0.05, 0.1) is 5.84 Å². The summed E-state index contributed by atoms with van der Waals surface area (Å²) >= 11 is 0. The smallest absolute Gasteiger partial charge is 0.0955 e. The fraction of sp³-hybridized carbons (Fsp3) is 0.909. The summed E-state index contributed by atoms with van der Waals surface area (Å²) < 4.78 is 0. The molecule has 0 spiro atoms. The van der Waals surface area contributed by atoms with Crippen LogP contribution in [0.4, 0.5) is 0 Å². The third-order valence-corrected chi connectivity index (χ3v) is 2.12. The van der Waals surface area contributed by atoms with Crippen LogP contribution >= 0.6 is 0 Å². The van der Waals surface area contributed by atoms with E-state index in [1.807, 2.05) is 6.92 Å². The molecular weight excluding hydrogens is 174 g/mol. The Balaban J connectivity index is 4.04. The maximum absolute atomic E-state index is 7.84. The second-order valence-electron chi connectivity index (χ2n) is 4.44. The average molecular weight is 199 g/mol. The van der Waals surface area contributed by atoms with E-state index < -0.39 is 0 Å². The first-order chi connectivity index (χ1) is 6.47. The van der Waals surface area contributed by atoms with Gasteiger partial charge in [-0.1, -0.05) is 20.8 Å². The van der Waals surface area contributed by atoms with Gasteiger partial charge < -0.3 is 9.80 Å². The van der Waals surface area contributed by atoms with Gasteiger partial charge in [-0.25, -0.2) is 0 Å². The molecule has 0 unspecified atom stereocenters. The molecule has 0 heterocycles. The van der Waals surface area contributed by atoms with Crippen molar-refractivity contribution in [3.05, 3.63) is 0 Å². The lowest BCUT2D eigenvalue weighted by atomic mass is 10.2. The fourth-order valence-corrected chi connectivity index (χ4v) is 1.32. The molecule has 0 atom stereocenters. The second-order valence-corrected chi connectivity index (χ2v) is 4.44. The summed E-state index contributed by atoms with van der Waals surface area (Å²) in [5.41, 5.74) is 0. The highest BCUT2D eigenvalue weighted by atomic mass is 15.2. The van der Waals surface area contributed by atoms with Crippen molar-refractivity contribution in [1.29, 1.82) is 5.41 Å². The Morgan fingerprint density at radius 2 is 1.79 bits per heavy atom. The Morgan fingerprint density at radius 3 is 2.14 bits per heavy atom. The zero-order valence-electron chi connectivity index (χ0n) is 10.3. The van der Waals surface area contributed by atoms with Crippen LogP contribution in [0, 0.1) is 11.3 Å². The fourth-order valence-electron chi connectivity index (χ4n) is 1.32. The van der Waals surface area contributed by atoms with E-state index in [9.17, 15) is 0 Å². The van der Waals surface area contributed by atoms with Crippen LogP contribution in [-0.2, 0) is 0 Å². The van der Waals surface area contributed by atoms with E-state index >= 15 is 0 Å². The SMILES string of the molecule is CCC(=N)N(CCN(C)C)CC(C)C. The predicted molar refractivity (Wildman–Crippen MR) is 63.0 cm³/mol. The van der Waals surface area contributed by atoms with Gasteiger partial charge in [0.25, 0.3) is 0 Å². The molecule has 0 aromatic carbocycles. The number of likely N-dealkylation sites (N-methyl/N-ethyl adjacent to an activating group) is 1. The quantitative estimate of drug-likeness (QED) is 0.523. The first-order valence-electron chi connectivity index (χ1n) is 5.44. The number of nitrogens with one attached hydrogen (secondary N) is 1. The van der Waals surface area contributed by atoms with Crippen LogP contribution in [0.2, 0.25) is 0 Å². The summed E-state index contributed by atoms with van der Waals surface area (Å²) in [6.07, 6.45) is 0.833. The molecule has 0 aromatic rings. The molecule has 84 valence electrons. The molecule has 0 bridgehead atoms. The van der Waals surface area contributed by atoms with Crippen LogP contribution in [0.1, 0.15) is 27.2 Å². The second kappa shape index (κ2) is 6.82. The standard InChI is InChI=1S/C11H25N3/c1-6-11(12)14(9-10(2)3)8-7-13(4)5/h10,12H,6-9H2,1-5H3. The molecule has 1 N–H and O–H groups in total. The topological polar surface area (TPSA) is 30.3 Å². The van der Waals surface area contributed by atoms with Crippen LogP contribution in [-0.4, -0.2) is 49.4 Å². The van der Waals surface area contributed by atoms with Gasteiger partial charge in [0.15, 0.2) is 0 Å². The highest BCUT2D eigenvalue weighted by Crippen LogP contribution is 2.01. The van der Waals surface area contributed by atoms with E-state index in [0.29, 0.717) is 5.92 Å². The van der Waals surface area contributed by atoms with E-state index in [4.69, 9.17) is 5.41 Å². The first-order valence-corrected chi connectivity index (χ1v) is 5.44. The largest absolute Gasteiger partial charge is 0.359 e. The molecule has 0 rings (SSSR count). The number of hydrogen-bond acceptors (Lipinski definition) is 2. The van der Waals surface area contributed by atoms with Gasteiger partial charge in [0.2, 0.25) is 0 Å². The molecule has 0 radical (unpaired) electrons. The summed E-state index contributed by atoms with van der Waals surface area (Å²) in [7, 11) is 4.15. The first kappa shape index (κ1) is 13.4. The van der Waals surface area contributed by atoms with Crippen molar-refractivity contribution in [3.63, 3.8) is 0 Å². The van der Waals surface area contributed by atoms with E-state index in [-0.39, 0.29) is 0 Å². The molecule has 14 heavy (non-hydrogen) atoms. The normalized spacial score (nSPS) is 11.1. The average Bonchev–Trinajstić information content (AvgIpc) is 2.10. The van der Waals surface area contributed by atoms with E-state index in [0.717, 1.165) is 31.9 Å². The van der Waals surface area contributed by atoms with Crippen LogP contribution in [0.5, 0.6) is 0 Å². The van der Waals surface area contributed by atoms with Gasteiger partial charge in [-0.3, -0.25) is 5.41 Å². The summed E-state index contributed by atoms with van der Waals surface area (Å²) in [4.78, 5) is 4.35. The third kappa shape index (κ3) is 5.97. The van der Waals surface area contributed by atoms with Crippen molar-refractivity contribution in [2.24, 2.45) is 5.92 Å². The van der Waals surface area contributed by atoms with Crippen LogP contribution < -0.4 is 0 Å². The Hall–Kier alpha value is -0.570. The highest BCUT2D eigenvalue weighted by Gasteiger charge is 2.09. The maximum Gasteiger partial charge on any atom is 0.0955 e. The summed E-state index contributed by atoms with van der Waals surface area (Å²) in [5.74, 6) is 1.39. The number of amidine groups is 1. The van der Waals surface area contributed by atoms with Crippen molar-refractivity contribution >= 4 is 5.84 Å². The van der Waals surface area contributed by atoms with Crippen LogP contribution in [0.15, 0.2) is 0 Å². The lowest BCUT2D eigenvalue weighted by Gasteiger charge is -2.27. The maximum atomic E-state index is 7.84. The molecule has 0 saturated carbocycles. The predicted octanol–water partition coefficient (Wildman–Crippen LogP) is 1.89. The Bertz CT molecular complexity index is 164. The molecule has 3 nitrogen and oxygen atoms in total. The Labute approximate surface area is 88.6 Å². The van der Waals surface area contributed by atoms with E-state index in [1.165, 1.54) is 0 Å². The minimum Gasteiger partial charge on any atom is -0.359 e. The number of hydrogen-bond donors (Lipinski definition) is 1. The molecule has 3 heteroatoms. The molecule has 0 fully saturated rings. The molecule has 0 aliphatic rings. The zero-order valence-corrected chi connectivity index (χ0v) is 10.3. The Morgan fingerprint density at radius 1 is 1.21 bits per heavy atom.